The van der Waals surface area contributed by atoms with Gasteiger partial charge in [-0.05, 0) is 6.42 Å². The number of halogens is 1. The van der Waals surface area contributed by atoms with Gasteiger partial charge in [0.1, 0.15) is 0 Å². The minimum atomic E-state index is -2.84. The molecule has 0 aliphatic rings. The van der Waals surface area contributed by atoms with E-state index in [1.54, 1.807) is 6.92 Å². The number of hydrogen-bond donors (Lipinski definition) is 1. The number of alkyl halides is 1. The van der Waals surface area contributed by atoms with E-state index < -0.39 is 9.84 Å². The molecule has 1 N–H and O–H groups in total. The first-order valence-electron chi connectivity index (χ1n) is 5.07. The second-order valence-electron chi connectivity index (χ2n) is 3.33. The summed E-state index contributed by atoms with van der Waals surface area (Å²) in [6, 6.07) is 0. The molecule has 14 heavy (non-hydrogen) atoms. The monoisotopic (exact) mass is 241 g/mol. The maximum absolute atomic E-state index is 11.1. The lowest BCUT2D eigenvalue weighted by Gasteiger charge is -2.09. The molecule has 0 aromatic rings. The number of nitrogens with one attached hydrogen (secondary N) is 1. The van der Waals surface area contributed by atoms with E-state index in [0.717, 1.165) is 12.8 Å². The third-order valence-corrected chi connectivity index (χ3v) is 4.08. The molecule has 0 amide bonds. The lowest BCUT2D eigenvalue weighted by molar-refractivity contribution is 0.588. The van der Waals surface area contributed by atoms with E-state index in [1.807, 2.05) is 0 Å². The zero-order chi connectivity index (χ0) is 11.0. The molecule has 0 rings (SSSR count). The van der Waals surface area contributed by atoms with Gasteiger partial charge in [0.15, 0.2) is 9.84 Å². The Labute approximate surface area is 92.1 Å². The molecule has 0 heterocycles. The first-order valence-corrected chi connectivity index (χ1v) is 7.32. The quantitative estimate of drug-likeness (QED) is 0.517. The van der Waals surface area contributed by atoms with Crippen molar-refractivity contribution in [2.45, 2.75) is 32.1 Å². The van der Waals surface area contributed by atoms with E-state index in [4.69, 9.17) is 11.6 Å². The van der Waals surface area contributed by atoms with E-state index in [0.29, 0.717) is 13.1 Å². The first-order chi connectivity index (χ1) is 6.52. The number of sulfone groups is 1. The van der Waals surface area contributed by atoms with Crippen molar-refractivity contribution in [2.24, 2.45) is 0 Å². The van der Waals surface area contributed by atoms with Gasteiger partial charge in [0.05, 0.1) is 5.75 Å². The third-order valence-electron chi connectivity index (χ3n) is 2.00. The lowest BCUT2D eigenvalue weighted by atomic mass is 10.2. The Morgan fingerprint density at radius 3 is 2.50 bits per heavy atom. The van der Waals surface area contributed by atoms with Crippen molar-refractivity contribution in [3.63, 3.8) is 0 Å². The van der Waals surface area contributed by atoms with Crippen LogP contribution in [-0.2, 0) is 9.84 Å². The van der Waals surface area contributed by atoms with Crippen LogP contribution in [0.2, 0.25) is 0 Å². The summed E-state index contributed by atoms with van der Waals surface area (Å²) in [7, 11) is -2.84. The summed E-state index contributed by atoms with van der Waals surface area (Å²) in [6.07, 6.45) is 2.03. The highest BCUT2D eigenvalue weighted by molar-refractivity contribution is 7.91. The van der Waals surface area contributed by atoms with Crippen molar-refractivity contribution >= 4 is 21.4 Å². The van der Waals surface area contributed by atoms with Crippen LogP contribution in [0, 0.1) is 0 Å². The molecule has 3 nitrogen and oxygen atoms in total. The van der Waals surface area contributed by atoms with Gasteiger partial charge in [-0.25, -0.2) is 8.42 Å². The summed E-state index contributed by atoms with van der Waals surface area (Å²) in [5, 5.41) is 3.16. The highest BCUT2D eigenvalue weighted by atomic mass is 35.5. The molecule has 0 aromatic heterocycles. The predicted molar refractivity (Wildman–Crippen MR) is 61.7 cm³/mol. The van der Waals surface area contributed by atoms with Gasteiger partial charge < -0.3 is 5.32 Å². The van der Waals surface area contributed by atoms with Crippen molar-refractivity contribution in [2.75, 3.05) is 24.6 Å². The average Bonchev–Trinajstić information content (AvgIpc) is 2.13. The minimum Gasteiger partial charge on any atom is -0.314 e. The Balaban J connectivity index is 3.47. The molecule has 5 heteroatoms. The van der Waals surface area contributed by atoms with Gasteiger partial charge in [-0.1, -0.05) is 20.3 Å². The molecule has 1 atom stereocenters. The molecule has 0 saturated heterocycles. The van der Waals surface area contributed by atoms with Crippen LogP contribution >= 0.6 is 11.6 Å². The number of hydrogen-bond acceptors (Lipinski definition) is 3. The molecule has 0 fully saturated rings. The normalized spacial score (nSPS) is 14.2. The second kappa shape index (κ2) is 7.49. The van der Waals surface area contributed by atoms with Crippen LogP contribution in [0.1, 0.15) is 26.7 Å². The maximum Gasteiger partial charge on any atom is 0.151 e. The van der Waals surface area contributed by atoms with Crippen LogP contribution < -0.4 is 5.32 Å². The summed E-state index contributed by atoms with van der Waals surface area (Å²) in [4.78, 5) is 0. The van der Waals surface area contributed by atoms with Gasteiger partial charge in [-0.15, -0.1) is 11.6 Å². The number of rotatable bonds is 8. The topological polar surface area (TPSA) is 46.2 Å². The first kappa shape index (κ1) is 14.2. The lowest BCUT2D eigenvalue weighted by Crippen LogP contribution is -2.28. The SMILES string of the molecule is CCCC(Cl)CNCCS(=O)(=O)CC. The zero-order valence-electron chi connectivity index (χ0n) is 8.92. The summed E-state index contributed by atoms with van der Waals surface area (Å²) < 4.78 is 22.2. The van der Waals surface area contributed by atoms with Gasteiger partial charge in [-0.3, -0.25) is 0 Å². The van der Waals surface area contributed by atoms with Crippen molar-refractivity contribution in [1.82, 2.24) is 5.32 Å². The molecule has 0 bridgehead atoms. The standard InChI is InChI=1S/C9H20ClNO2S/c1-3-5-9(10)8-11-6-7-14(12,13)4-2/h9,11H,3-8H2,1-2H3. The van der Waals surface area contributed by atoms with Gasteiger partial charge in [0.25, 0.3) is 0 Å². The Morgan fingerprint density at radius 1 is 1.36 bits per heavy atom. The van der Waals surface area contributed by atoms with E-state index >= 15 is 0 Å². The maximum atomic E-state index is 11.1. The van der Waals surface area contributed by atoms with E-state index in [-0.39, 0.29) is 16.9 Å². The molecule has 0 aliphatic carbocycles. The molecule has 0 radical (unpaired) electrons. The molecule has 0 aliphatic heterocycles. The summed E-state index contributed by atoms with van der Waals surface area (Å²) in [5.74, 6) is 0.424. The predicted octanol–water partition coefficient (Wildman–Crippen LogP) is 1.42. The van der Waals surface area contributed by atoms with Crippen molar-refractivity contribution in [1.29, 1.82) is 0 Å². The fraction of sp³-hybridized carbons (Fsp3) is 1.00. The molecular weight excluding hydrogens is 222 g/mol. The molecule has 86 valence electrons. The molecule has 0 saturated carbocycles. The van der Waals surface area contributed by atoms with Crippen LogP contribution in [-0.4, -0.2) is 38.4 Å². The van der Waals surface area contributed by atoms with Gasteiger partial charge >= 0.3 is 0 Å². The second-order valence-corrected chi connectivity index (χ2v) is 6.42. The van der Waals surface area contributed by atoms with E-state index in [1.165, 1.54) is 0 Å². The molecule has 1 unspecified atom stereocenters. The van der Waals surface area contributed by atoms with Crippen LogP contribution in [0.15, 0.2) is 0 Å². The Morgan fingerprint density at radius 2 is 2.00 bits per heavy atom. The fourth-order valence-corrected chi connectivity index (χ4v) is 2.12. The Hall–Kier alpha value is 0.200. The van der Waals surface area contributed by atoms with Crippen molar-refractivity contribution in [3.8, 4) is 0 Å². The van der Waals surface area contributed by atoms with Crippen molar-refractivity contribution in [3.05, 3.63) is 0 Å². The average molecular weight is 242 g/mol. The van der Waals surface area contributed by atoms with Crippen LogP contribution in [0.5, 0.6) is 0 Å². The van der Waals surface area contributed by atoms with E-state index in [9.17, 15) is 8.42 Å². The third kappa shape index (κ3) is 7.59. The zero-order valence-corrected chi connectivity index (χ0v) is 10.5. The van der Waals surface area contributed by atoms with Crippen LogP contribution in [0.3, 0.4) is 0 Å². The van der Waals surface area contributed by atoms with Crippen LogP contribution in [0.25, 0.3) is 0 Å². The molecule has 0 spiro atoms. The summed E-state index contributed by atoms with van der Waals surface area (Å²) in [6.45, 7) is 4.94. The van der Waals surface area contributed by atoms with Gasteiger partial charge in [0.2, 0.25) is 0 Å². The summed E-state index contributed by atoms with van der Waals surface area (Å²) >= 11 is 5.95. The Kier molecular flexibility index (Phi) is 7.59. The van der Waals surface area contributed by atoms with Gasteiger partial charge in [0, 0.05) is 24.2 Å². The minimum absolute atomic E-state index is 0.115. The molecular formula is C9H20ClNO2S. The molecule has 0 aromatic carbocycles. The highest BCUT2D eigenvalue weighted by Crippen LogP contribution is 2.02. The van der Waals surface area contributed by atoms with Gasteiger partial charge in [-0.2, -0.15) is 0 Å². The summed E-state index contributed by atoms with van der Waals surface area (Å²) in [5.41, 5.74) is 0. The largest absolute Gasteiger partial charge is 0.314 e. The Bertz CT molecular complexity index is 229. The highest BCUT2D eigenvalue weighted by Gasteiger charge is 2.07. The fourth-order valence-electron chi connectivity index (χ4n) is 1.05. The van der Waals surface area contributed by atoms with Crippen LogP contribution in [0.4, 0.5) is 0 Å². The van der Waals surface area contributed by atoms with E-state index in [2.05, 4.69) is 12.2 Å². The smallest absolute Gasteiger partial charge is 0.151 e. The van der Waals surface area contributed by atoms with Crippen molar-refractivity contribution < 1.29 is 8.42 Å².